The van der Waals surface area contributed by atoms with Crippen LogP contribution in [0.1, 0.15) is 30.5 Å². The monoisotopic (exact) mass is 279 g/mol. The number of nitro groups is 1. The number of hydrogen-bond acceptors (Lipinski definition) is 7. The molecule has 0 aliphatic heterocycles. The van der Waals surface area contributed by atoms with Crippen molar-refractivity contribution in [1.82, 2.24) is 19.7 Å². The molecular weight excluding hydrogens is 270 g/mol. The van der Waals surface area contributed by atoms with E-state index in [1.165, 1.54) is 0 Å². The molecule has 1 fully saturated rings. The zero-order valence-electron chi connectivity index (χ0n) is 10.1. The second kappa shape index (κ2) is 4.40. The summed E-state index contributed by atoms with van der Waals surface area (Å²) >= 11 is 0. The van der Waals surface area contributed by atoms with E-state index < -0.39 is 21.9 Å². The molecule has 0 radical (unpaired) electrons. The topological polar surface area (TPSA) is 137 Å². The summed E-state index contributed by atoms with van der Waals surface area (Å²) in [5.74, 6) is 1.04. The maximum absolute atomic E-state index is 11.6. The Hall–Kier alpha value is -2.78. The van der Waals surface area contributed by atoms with Crippen molar-refractivity contribution in [2.45, 2.75) is 25.3 Å². The quantitative estimate of drug-likeness (QED) is 0.601. The molecule has 1 saturated carbocycles. The molecule has 10 heteroatoms. The minimum Gasteiger partial charge on any atom is -0.337 e. The number of aromatic amines is 1. The Morgan fingerprint density at radius 2 is 2.25 bits per heavy atom. The van der Waals surface area contributed by atoms with E-state index in [2.05, 4.69) is 10.1 Å². The van der Waals surface area contributed by atoms with E-state index in [9.17, 15) is 19.7 Å². The van der Waals surface area contributed by atoms with Crippen molar-refractivity contribution >= 4 is 5.69 Å². The summed E-state index contributed by atoms with van der Waals surface area (Å²) < 4.78 is 5.92. The number of hydrogen-bond donors (Lipinski definition) is 1. The first-order chi connectivity index (χ1) is 9.54. The van der Waals surface area contributed by atoms with Gasteiger partial charge in [0.15, 0.2) is 5.82 Å². The predicted molar refractivity (Wildman–Crippen MR) is 63.4 cm³/mol. The van der Waals surface area contributed by atoms with Crippen molar-refractivity contribution in [2.24, 2.45) is 0 Å². The van der Waals surface area contributed by atoms with Crippen molar-refractivity contribution < 1.29 is 9.45 Å². The Labute approximate surface area is 110 Å². The second-order valence-corrected chi connectivity index (χ2v) is 4.48. The molecule has 0 saturated heterocycles. The molecule has 1 N–H and O–H groups in total. The van der Waals surface area contributed by atoms with Crippen LogP contribution in [0.3, 0.4) is 0 Å². The standard InChI is InChI=1S/C10H9N5O5/c16-9-6(15(18)19)3-14(10(17)12-9)4-7-11-8(13-20-7)5-1-2-5/h3,5H,1-2,4H2,(H,12,16,17). The minimum absolute atomic E-state index is 0.129. The van der Waals surface area contributed by atoms with Crippen LogP contribution in [0.25, 0.3) is 0 Å². The molecule has 20 heavy (non-hydrogen) atoms. The molecule has 1 aliphatic rings. The number of rotatable bonds is 4. The summed E-state index contributed by atoms with van der Waals surface area (Å²) in [6.07, 6.45) is 2.87. The van der Waals surface area contributed by atoms with Gasteiger partial charge in [0.25, 0.3) is 0 Å². The molecule has 2 heterocycles. The molecule has 3 rings (SSSR count). The summed E-state index contributed by atoms with van der Waals surface area (Å²) in [5.41, 5.74) is -2.53. The lowest BCUT2D eigenvalue weighted by Crippen LogP contribution is -2.31. The highest BCUT2D eigenvalue weighted by molar-refractivity contribution is 5.21. The first-order valence-electron chi connectivity index (χ1n) is 5.85. The first kappa shape index (κ1) is 12.3. The highest BCUT2D eigenvalue weighted by atomic mass is 16.6. The normalized spacial score (nSPS) is 14.4. The minimum atomic E-state index is -1.04. The van der Waals surface area contributed by atoms with Gasteiger partial charge in [-0.25, -0.2) is 4.79 Å². The van der Waals surface area contributed by atoms with Gasteiger partial charge in [0.05, 0.1) is 11.1 Å². The van der Waals surface area contributed by atoms with E-state index in [4.69, 9.17) is 4.52 Å². The lowest BCUT2D eigenvalue weighted by Gasteiger charge is -2.00. The van der Waals surface area contributed by atoms with Crippen LogP contribution >= 0.6 is 0 Å². The smallest absolute Gasteiger partial charge is 0.337 e. The Bertz CT molecular complexity index is 784. The highest BCUT2D eigenvalue weighted by Crippen LogP contribution is 2.38. The van der Waals surface area contributed by atoms with Crippen molar-refractivity contribution in [2.75, 3.05) is 0 Å². The van der Waals surface area contributed by atoms with Gasteiger partial charge in [-0.3, -0.25) is 24.5 Å². The lowest BCUT2D eigenvalue weighted by molar-refractivity contribution is -0.386. The molecule has 104 valence electrons. The Morgan fingerprint density at radius 3 is 2.90 bits per heavy atom. The predicted octanol–water partition coefficient (Wildman–Crippen LogP) is -0.247. The fourth-order valence-corrected chi connectivity index (χ4v) is 1.73. The Kier molecular flexibility index (Phi) is 2.70. The molecule has 2 aromatic rings. The summed E-state index contributed by atoms with van der Waals surface area (Å²) in [4.78, 5) is 38.6. The van der Waals surface area contributed by atoms with E-state index in [1.807, 2.05) is 4.98 Å². The van der Waals surface area contributed by atoms with Gasteiger partial charge in [0.2, 0.25) is 5.89 Å². The van der Waals surface area contributed by atoms with E-state index in [-0.39, 0.29) is 12.4 Å². The van der Waals surface area contributed by atoms with Gasteiger partial charge in [0, 0.05) is 5.92 Å². The Balaban J connectivity index is 1.92. The van der Waals surface area contributed by atoms with Crippen molar-refractivity contribution in [3.8, 4) is 0 Å². The number of nitrogens with zero attached hydrogens (tertiary/aromatic N) is 4. The van der Waals surface area contributed by atoms with Crippen LogP contribution in [-0.4, -0.2) is 24.6 Å². The lowest BCUT2D eigenvalue weighted by atomic mass is 10.4. The van der Waals surface area contributed by atoms with Gasteiger partial charge in [0.1, 0.15) is 6.54 Å². The summed E-state index contributed by atoms with van der Waals surface area (Å²) in [6, 6.07) is 0. The van der Waals surface area contributed by atoms with Gasteiger partial charge >= 0.3 is 16.9 Å². The van der Waals surface area contributed by atoms with Crippen LogP contribution in [0.5, 0.6) is 0 Å². The average Bonchev–Trinajstić information content (AvgIpc) is 3.13. The third-order valence-electron chi connectivity index (χ3n) is 2.92. The van der Waals surface area contributed by atoms with Crippen molar-refractivity contribution in [1.29, 1.82) is 0 Å². The molecular formula is C10H9N5O5. The third-order valence-corrected chi connectivity index (χ3v) is 2.92. The fraction of sp³-hybridized carbons (Fsp3) is 0.400. The van der Waals surface area contributed by atoms with Crippen LogP contribution < -0.4 is 11.2 Å². The molecule has 0 atom stereocenters. The summed E-state index contributed by atoms with van der Waals surface area (Å²) in [6.45, 7) is -0.129. The van der Waals surface area contributed by atoms with Gasteiger partial charge in [-0.2, -0.15) is 4.98 Å². The molecule has 2 aromatic heterocycles. The fourth-order valence-electron chi connectivity index (χ4n) is 1.73. The highest BCUT2D eigenvalue weighted by Gasteiger charge is 2.28. The zero-order chi connectivity index (χ0) is 14.3. The van der Waals surface area contributed by atoms with E-state index in [0.717, 1.165) is 23.6 Å². The second-order valence-electron chi connectivity index (χ2n) is 4.48. The average molecular weight is 279 g/mol. The maximum atomic E-state index is 11.6. The van der Waals surface area contributed by atoms with Gasteiger partial charge in [-0.1, -0.05) is 5.16 Å². The van der Waals surface area contributed by atoms with Crippen LogP contribution in [0.2, 0.25) is 0 Å². The van der Waals surface area contributed by atoms with Crippen LogP contribution in [0, 0.1) is 10.1 Å². The van der Waals surface area contributed by atoms with Crippen molar-refractivity contribution in [3.05, 3.63) is 48.9 Å². The van der Waals surface area contributed by atoms with Crippen LogP contribution in [-0.2, 0) is 6.54 Å². The molecule has 0 unspecified atom stereocenters. The van der Waals surface area contributed by atoms with E-state index >= 15 is 0 Å². The van der Waals surface area contributed by atoms with E-state index in [0.29, 0.717) is 11.7 Å². The van der Waals surface area contributed by atoms with Gasteiger partial charge < -0.3 is 4.52 Å². The maximum Gasteiger partial charge on any atom is 0.350 e. The van der Waals surface area contributed by atoms with Crippen molar-refractivity contribution in [3.63, 3.8) is 0 Å². The molecule has 0 bridgehead atoms. The van der Waals surface area contributed by atoms with Gasteiger partial charge in [-0.15, -0.1) is 0 Å². The SMILES string of the molecule is O=c1[nH]c(=O)n(Cc2nc(C3CC3)no2)cc1[N+](=O)[O-]. The molecule has 10 nitrogen and oxygen atoms in total. The molecule has 0 aromatic carbocycles. The van der Waals surface area contributed by atoms with Crippen LogP contribution in [0.4, 0.5) is 5.69 Å². The Morgan fingerprint density at radius 1 is 1.50 bits per heavy atom. The number of aromatic nitrogens is 4. The summed E-state index contributed by atoms with van der Waals surface area (Å²) in [7, 11) is 0. The number of nitrogens with one attached hydrogen (secondary N) is 1. The third kappa shape index (κ3) is 2.22. The molecule has 0 spiro atoms. The first-order valence-corrected chi connectivity index (χ1v) is 5.85. The van der Waals surface area contributed by atoms with E-state index in [1.54, 1.807) is 0 Å². The number of H-pyrrole nitrogens is 1. The van der Waals surface area contributed by atoms with Gasteiger partial charge in [-0.05, 0) is 12.8 Å². The molecule has 0 amide bonds. The zero-order valence-corrected chi connectivity index (χ0v) is 10.1. The summed E-state index contributed by atoms with van der Waals surface area (Å²) in [5, 5.41) is 14.4. The van der Waals surface area contributed by atoms with Crippen LogP contribution in [0.15, 0.2) is 20.3 Å². The largest absolute Gasteiger partial charge is 0.350 e. The molecule has 1 aliphatic carbocycles.